The Balaban J connectivity index is 1.62. The Kier molecular flexibility index (Phi) is 9.24. The van der Waals surface area contributed by atoms with Crippen molar-refractivity contribution in [2.75, 3.05) is 13.2 Å². The molecule has 2 aliphatic rings. The van der Waals surface area contributed by atoms with Gasteiger partial charge in [-0.25, -0.2) is 13.9 Å². The van der Waals surface area contributed by atoms with Crippen LogP contribution in [0, 0.1) is 0 Å². The number of hydrogen-bond acceptors (Lipinski definition) is 14. The van der Waals surface area contributed by atoms with Crippen LogP contribution in [0.3, 0.4) is 0 Å². The number of amides is 1. The lowest BCUT2D eigenvalue weighted by atomic mass is 10.0. The number of phosphoric ester groups is 2. The van der Waals surface area contributed by atoms with E-state index in [1.165, 1.54) is 0 Å². The monoisotopic (exact) mass is 577 g/mol. The molecular weight excluding hydrogens is 552 g/mol. The number of H-pyrrole nitrogens is 1. The number of phosphoric acid groups is 2. The number of nitrogens with zero attached hydrogens (tertiary/aromatic N) is 1. The minimum Gasteiger partial charge on any atom is -0.388 e. The number of aliphatic hydroxyl groups is 4. The molecule has 0 aromatic carbocycles. The van der Waals surface area contributed by atoms with Gasteiger partial charge < -0.3 is 45.0 Å². The number of carbonyl (C=O) groups is 1. The molecule has 3 rings (SSSR count). The molecule has 37 heavy (non-hydrogen) atoms. The number of carbonyl (C=O) groups excluding carboxylic acids is 1. The van der Waals surface area contributed by atoms with E-state index in [1.54, 1.807) is 0 Å². The van der Waals surface area contributed by atoms with Gasteiger partial charge in [0.15, 0.2) is 12.5 Å². The fourth-order valence-electron chi connectivity index (χ4n) is 3.48. The first-order valence-electron chi connectivity index (χ1n) is 10.4. The molecular formula is C16H25N3O16P2. The smallest absolute Gasteiger partial charge is 0.388 e. The number of aromatic amines is 1. The van der Waals surface area contributed by atoms with Gasteiger partial charge in [-0.1, -0.05) is 0 Å². The van der Waals surface area contributed by atoms with Crippen molar-refractivity contribution in [1.29, 1.82) is 0 Å². The lowest BCUT2D eigenvalue weighted by molar-refractivity contribution is -0.206. The Morgan fingerprint density at radius 3 is 2.46 bits per heavy atom. The zero-order chi connectivity index (χ0) is 27.7. The molecule has 0 bridgehead atoms. The topological polar surface area (TPSA) is 286 Å². The Labute approximate surface area is 206 Å². The van der Waals surface area contributed by atoms with Gasteiger partial charge in [-0.3, -0.25) is 28.2 Å². The van der Waals surface area contributed by atoms with Gasteiger partial charge in [0.05, 0.1) is 13.2 Å². The number of aliphatic hydroxyl groups excluding tert-OH is 4. The van der Waals surface area contributed by atoms with Crippen LogP contribution >= 0.6 is 15.6 Å². The first kappa shape index (κ1) is 29.7. The van der Waals surface area contributed by atoms with Gasteiger partial charge in [-0.15, -0.1) is 0 Å². The molecule has 0 spiro atoms. The summed E-state index contributed by atoms with van der Waals surface area (Å²) in [4.78, 5) is 56.1. The van der Waals surface area contributed by atoms with Crippen LogP contribution in [0.1, 0.15) is 13.2 Å². The number of rotatable bonds is 9. The summed E-state index contributed by atoms with van der Waals surface area (Å²) in [5.41, 5.74) is -1.73. The van der Waals surface area contributed by atoms with E-state index in [2.05, 4.69) is 18.7 Å². The summed E-state index contributed by atoms with van der Waals surface area (Å²) in [6.07, 6.45) is -10.7. The van der Waals surface area contributed by atoms with Gasteiger partial charge in [-0.05, 0) is 0 Å². The van der Waals surface area contributed by atoms with Crippen molar-refractivity contribution in [2.45, 2.75) is 56.0 Å². The third-order valence-electron chi connectivity index (χ3n) is 5.16. The Morgan fingerprint density at radius 1 is 1.16 bits per heavy atom. The summed E-state index contributed by atoms with van der Waals surface area (Å²) in [6, 6.07) is -0.629. The van der Waals surface area contributed by atoms with Crippen LogP contribution in [0.15, 0.2) is 21.9 Å². The second-order valence-electron chi connectivity index (χ2n) is 7.97. The molecule has 1 aromatic rings. The Hall–Kier alpha value is -1.83. The highest BCUT2D eigenvalue weighted by Crippen LogP contribution is 2.61. The van der Waals surface area contributed by atoms with E-state index in [-0.39, 0.29) is 0 Å². The van der Waals surface area contributed by atoms with Gasteiger partial charge in [0, 0.05) is 19.2 Å². The third kappa shape index (κ3) is 7.39. The average Bonchev–Trinajstić information content (AvgIpc) is 3.05. The maximum Gasteiger partial charge on any atom is 0.483 e. The van der Waals surface area contributed by atoms with E-state index in [4.69, 9.17) is 9.47 Å². The predicted octanol–water partition coefficient (Wildman–Crippen LogP) is -4.01. The number of aromatic nitrogens is 2. The summed E-state index contributed by atoms with van der Waals surface area (Å²) in [5.74, 6) is -0.736. The number of nitrogens with one attached hydrogen (secondary N) is 2. The van der Waals surface area contributed by atoms with Crippen LogP contribution in [0.4, 0.5) is 0 Å². The molecule has 21 heteroatoms. The van der Waals surface area contributed by atoms with E-state index in [0.717, 1.165) is 23.8 Å². The summed E-state index contributed by atoms with van der Waals surface area (Å²) in [5, 5.41) is 42.1. The fraction of sp³-hybridized carbons (Fsp3) is 0.688. The van der Waals surface area contributed by atoms with E-state index in [1.807, 2.05) is 4.98 Å². The zero-order valence-corrected chi connectivity index (χ0v) is 20.6. The van der Waals surface area contributed by atoms with Crippen molar-refractivity contribution in [1.82, 2.24) is 14.9 Å². The maximum atomic E-state index is 12.3. The summed E-state index contributed by atoms with van der Waals surface area (Å²) < 4.78 is 48.9. The zero-order valence-electron chi connectivity index (χ0n) is 18.8. The second kappa shape index (κ2) is 11.5. The van der Waals surface area contributed by atoms with Crippen molar-refractivity contribution < 1.29 is 67.0 Å². The quantitative estimate of drug-likeness (QED) is 0.130. The minimum absolute atomic E-state index is 0.589. The molecule has 2 saturated heterocycles. The molecule has 8 N–H and O–H groups in total. The standard InChI is InChI=1S/C16H25N3O16P2/c1-6(20)17-10-11(23)7(21)4-31-15(10)34-37(29,30)35-36(27,28)32-5-8-12(24)13(25)14(33-8)19-3-2-9(22)18-16(19)26/h2-3,7-8,10-15,21,23-25H,4-5H2,1H3,(H,17,20)(H,27,28)(H,29,30)(H,18,22,26)/t7-,8-,10-,11+,12-,13-,14-,15-/m1/s1. The molecule has 1 aromatic heterocycles. The lowest BCUT2D eigenvalue weighted by Crippen LogP contribution is -2.60. The van der Waals surface area contributed by atoms with Gasteiger partial charge in [0.25, 0.3) is 5.56 Å². The molecule has 10 atom stereocenters. The first-order valence-corrected chi connectivity index (χ1v) is 13.4. The Morgan fingerprint density at radius 2 is 1.84 bits per heavy atom. The molecule has 19 nitrogen and oxygen atoms in total. The molecule has 0 aliphatic carbocycles. The maximum absolute atomic E-state index is 12.3. The predicted molar refractivity (Wildman–Crippen MR) is 114 cm³/mol. The summed E-state index contributed by atoms with van der Waals surface area (Å²) in [6.45, 7) is -0.558. The van der Waals surface area contributed by atoms with Crippen molar-refractivity contribution in [2.24, 2.45) is 0 Å². The molecule has 2 unspecified atom stereocenters. The summed E-state index contributed by atoms with van der Waals surface area (Å²) in [7, 11) is -11.0. The van der Waals surface area contributed by atoms with Crippen molar-refractivity contribution >= 4 is 21.6 Å². The van der Waals surface area contributed by atoms with E-state index in [9.17, 15) is 53.7 Å². The van der Waals surface area contributed by atoms with Gasteiger partial charge in [0.1, 0.15) is 36.6 Å². The highest BCUT2D eigenvalue weighted by atomic mass is 31.3. The average molecular weight is 577 g/mol. The molecule has 1 amide bonds. The molecule has 2 aliphatic heterocycles. The first-order chi connectivity index (χ1) is 17.1. The van der Waals surface area contributed by atoms with Gasteiger partial charge in [0.2, 0.25) is 5.91 Å². The molecule has 0 radical (unpaired) electrons. The van der Waals surface area contributed by atoms with Crippen LogP contribution in [-0.2, 0) is 36.8 Å². The largest absolute Gasteiger partial charge is 0.483 e. The molecule has 0 saturated carbocycles. The third-order valence-corrected chi connectivity index (χ3v) is 7.76. The Bertz CT molecular complexity index is 1190. The molecule has 210 valence electrons. The normalized spacial score (nSPS) is 35.4. The number of ether oxygens (including phenoxy) is 2. The minimum atomic E-state index is -5.51. The highest BCUT2D eigenvalue weighted by Gasteiger charge is 2.48. The molecule has 3 heterocycles. The van der Waals surface area contributed by atoms with E-state index in [0.29, 0.717) is 0 Å². The SMILES string of the molecule is CC(=O)N[C@H]1[C@@H](OP(=O)(O)OP(=O)(O)OC[C@H]2O[C@@H](n3ccc(=O)[nH]c3=O)[C@H](O)[C@@H]2O)OC[C@@H](O)[C@@H]1O. The van der Waals surface area contributed by atoms with E-state index >= 15 is 0 Å². The fourth-order valence-corrected chi connectivity index (χ4v) is 5.65. The number of hydrogen-bond donors (Lipinski definition) is 8. The van der Waals surface area contributed by atoms with Crippen LogP contribution in [0.25, 0.3) is 0 Å². The van der Waals surface area contributed by atoms with Gasteiger partial charge in [-0.2, -0.15) is 4.31 Å². The van der Waals surface area contributed by atoms with Crippen LogP contribution in [-0.4, -0.2) is 102 Å². The van der Waals surface area contributed by atoms with Crippen LogP contribution in [0.5, 0.6) is 0 Å². The lowest BCUT2D eigenvalue weighted by Gasteiger charge is -2.38. The van der Waals surface area contributed by atoms with Crippen LogP contribution < -0.4 is 16.6 Å². The molecule has 2 fully saturated rings. The van der Waals surface area contributed by atoms with Crippen molar-refractivity contribution in [3.05, 3.63) is 33.1 Å². The van der Waals surface area contributed by atoms with Crippen molar-refractivity contribution in [3.63, 3.8) is 0 Å². The van der Waals surface area contributed by atoms with Gasteiger partial charge >= 0.3 is 21.3 Å². The van der Waals surface area contributed by atoms with E-state index < -0.39 is 95.1 Å². The highest BCUT2D eigenvalue weighted by molar-refractivity contribution is 7.61. The van der Waals surface area contributed by atoms with Crippen LogP contribution in [0.2, 0.25) is 0 Å². The van der Waals surface area contributed by atoms with Crippen molar-refractivity contribution in [3.8, 4) is 0 Å². The second-order valence-corrected chi connectivity index (χ2v) is 11.0. The summed E-state index contributed by atoms with van der Waals surface area (Å²) >= 11 is 0.